The van der Waals surface area contributed by atoms with Gasteiger partial charge in [-0.1, -0.05) is 0 Å². The normalized spacial score (nSPS) is 11.0. The van der Waals surface area contributed by atoms with Crippen molar-refractivity contribution in [1.82, 2.24) is 0 Å². The molecule has 0 heterocycles. The van der Waals surface area contributed by atoms with Gasteiger partial charge in [-0.3, -0.25) is 0 Å². The zero-order chi connectivity index (χ0) is 21.8. The molecule has 0 saturated carbocycles. The first-order valence-corrected chi connectivity index (χ1v) is 8.30. The summed E-state index contributed by atoms with van der Waals surface area (Å²) in [6, 6.07) is 6.76. The third kappa shape index (κ3) is 49.5. The summed E-state index contributed by atoms with van der Waals surface area (Å²) in [5.41, 5.74) is 1.38. The van der Waals surface area contributed by atoms with E-state index < -0.39 is 21.8 Å². The van der Waals surface area contributed by atoms with Crippen molar-refractivity contribution < 1.29 is 56.7 Å². The van der Waals surface area contributed by atoms with Crippen molar-refractivity contribution in [2.75, 3.05) is 0 Å². The molecule has 0 spiro atoms. The molecule has 1 aromatic carbocycles. The van der Waals surface area contributed by atoms with Crippen LogP contribution in [0, 0.1) is 10.1 Å². The van der Waals surface area contributed by atoms with E-state index in [9.17, 15) is 61.9 Å². The average Bonchev–Trinajstić information content (AvgIpc) is 2.32. The van der Waals surface area contributed by atoms with Crippen LogP contribution < -0.4 is 0 Å². The molecule has 0 unspecified atom stereocenters. The third-order valence-electron chi connectivity index (χ3n) is 1.56. The maximum absolute atomic E-state index is 10.2. The van der Waals surface area contributed by atoms with Crippen LogP contribution in [-0.4, -0.2) is 75.6 Å². The second kappa shape index (κ2) is 13.7. The van der Waals surface area contributed by atoms with Crippen LogP contribution in [0.1, 0.15) is 5.56 Å². The van der Waals surface area contributed by atoms with E-state index in [4.69, 9.17) is 0 Å². The molecule has 0 N–H and O–H groups in total. The fraction of sp³-hybridized carbons (Fsp3) is 0.143. The summed E-state index contributed by atoms with van der Waals surface area (Å²) in [5.74, 6) is 0. The molecule has 1 aromatic rings. The van der Waals surface area contributed by atoms with Crippen LogP contribution in [0.25, 0.3) is 0 Å². The molecule has 148 valence electrons. The molecule has 0 radical (unpaired) electrons. The first kappa shape index (κ1) is 30.3. The number of benzene rings is 1. The molecule has 0 saturated heterocycles. The van der Waals surface area contributed by atoms with E-state index >= 15 is 0 Å². The minimum absolute atomic E-state index is 0.176. The summed E-state index contributed by atoms with van der Waals surface area (Å²) in [4.78, 5) is 9.84. The Balaban J connectivity index is -0.000000300. The Hall–Kier alpha value is -0.389. The predicted molar refractivity (Wildman–Crippen MR) is 73.1 cm³/mol. The number of hydrogen-bond acceptors (Lipinski definition) is 2. The number of nitro groups is 1. The van der Waals surface area contributed by atoms with E-state index in [1.165, 1.54) is 5.56 Å². The quantitative estimate of drug-likeness (QED) is 0.279. The van der Waals surface area contributed by atoms with E-state index in [2.05, 4.69) is 0 Å². The Bertz CT molecular complexity index is 459. The Morgan fingerprint density at radius 1 is 0.731 bits per heavy atom. The van der Waals surface area contributed by atoms with E-state index in [0.717, 1.165) is 49.5 Å². The van der Waals surface area contributed by atoms with Gasteiger partial charge >= 0.3 is 122 Å². The van der Waals surface area contributed by atoms with Crippen LogP contribution in [0.4, 0.5) is 57.5 Å². The molecule has 26 heavy (non-hydrogen) atoms. The molecule has 0 amide bonds. The van der Waals surface area contributed by atoms with E-state index in [0.29, 0.717) is 0 Å². The zero-order valence-electron chi connectivity index (χ0n) is 12.5. The van der Waals surface area contributed by atoms with Gasteiger partial charge in [-0.05, 0) is 0 Å². The van der Waals surface area contributed by atoms with Gasteiger partial charge < -0.3 is 51.8 Å². The Kier molecular flexibility index (Phi) is 16.0. The van der Waals surface area contributed by atoms with Gasteiger partial charge in [-0.25, -0.2) is 0 Å². The molecule has 0 aromatic heterocycles. The fourth-order valence-electron chi connectivity index (χ4n) is 0.853. The molecule has 0 bridgehead atoms. The van der Waals surface area contributed by atoms with Crippen molar-refractivity contribution in [3.63, 3.8) is 0 Å². The van der Waals surface area contributed by atoms with Crippen LogP contribution in [-0.2, 0) is 0.515 Å². The number of non-ortho nitro benzene ring substituents is 1. The number of hydrogen-bond donors (Lipinski definition) is 0. The third-order valence-corrected chi connectivity index (χ3v) is 2.83. The van der Waals surface area contributed by atoms with Gasteiger partial charge in [-0.15, -0.1) is 0 Å². The second-order valence-corrected chi connectivity index (χ2v) is 4.87. The van der Waals surface area contributed by atoms with Crippen LogP contribution in [0.15, 0.2) is 24.3 Å². The Morgan fingerprint density at radius 2 is 0.962 bits per heavy atom. The molecule has 0 fully saturated rings. The molecular formula is C7H6B3F12KNO2-3. The summed E-state index contributed by atoms with van der Waals surface area (Å²) >= 11 is 0.781. The fourth-order valence-corrected chi connectivity index (χ4v) is 1.59. The van der Waals surface area contributed by atoms with Crippen LogP contribution in [0.5, 0.6) is 0 Å². The second-order valence-electron chi connectivity index (χ2n) is 3.76. The maximum atomic E-state index is 10.2. The Morgan fingerprint density at radius 3 is 1.12 bits per heavy atom. The van der Waals surface area contributed by atoms with Crippen molar-refractivity contribution in [3.05, 3.63) is 39.9 Å². The van der Waals surface area contributed by atoms with E-state index in [1.54, 1.807) is 12.1 Å². The van der Waals surface area contributed by atoms with Gasteiger partial charge in [0.05, 0.1) is 0 Å². The van der Waals surface area contributed by atoms with E-state index in [1.807, 2.05) is 12.1 Å². The number of halogens is 12. The molecule has 0 atom stereocenters. The molecule has 1 rings (SSSR count). The van der Waals surface area contributed by atoms with Crippen LogP contribution in [0.2, 0.25) is 0 Å². The first-order valence-electron chi connectivity index (χ1n) is 6.09. The molecule has 19 heteroatoms. The van der Waals surface area contributed by atoms with Crippen LogP contribution >= 0.6 is 0 Å². The molecule has 3 nitrogen and oxygen atoms in total. The monoisotopic (exact) mass is 436 g/mol. The standard InChI is InChI=1S/C7H6NO2.3BF4.K/c1-6-2-4-7(5-3-6)8(9)10;3*2-1(3,4)5;/h2-5H,1H2;;;;/q;3*-1;. The summed E-state index contributed by atoms with van der Waals surface area (Å²) in [6.45, 7) is 0. The molecule has 0 aliphatic heterocycles. The van der Waals surface area contributed by atoms with Gasteiger partial charge in [0.2, 0.25) is 0 Å². The van der Waals surface area contributed by atoms with Crippen molar-refractivity contribution in [3.8, 4) is 0 Å². The van der Waals surface area contributed by atoms with Gasteiger partial charge in [0.15, 0.2) is 0 Å². The van der Waals surface area contributed by atoms with Crippen molar-refractivity contribution in [2.24, 2.45) is 0 Å². The summed E-state index contributed by atoms with van der Waals surface area (Å²) in [5, 5.41) is 10.2. The Labute approximate surface area is 172 Å². The molecular weight excluding hydrogens is 430 g/mol. The topological polar surface area (TPSA) is 43.1 Å². The van der Waals surface area contributed by atoms with Gasteiger partial charge in [0.25, 0.3) is 0 Å². The van der Waals surface area contributed by atoms with Gasteiger partial charge in [0.1, 0.15) is 0 Å². The number of nitrogens with zero attached hydrogens (tertiary/aromatic N) is 1. The summed E-state index contributed by atoms with van der Waals surface area (Å²) in [6.07, 6.45) is 0. The summed E-state index contributed by atoms with van der Waals surface area (Å²) in [7, 11) is -18.0. The number of rotatable bonds is 2. The van der Waals surface area contributed by atoms with Gasteiger partial charge in [0, 0.05) is 0 Å². The SMILES string of the molecule is F[B-](F)(F)F.F[B-](F)(F)F.F[B-](F)(F)F.O=[N+]([O-])c1ccc([CH2][K])cc1. The molecule has 0 aliphatic carbocycles. The summed E-state index contributed by atoms with van der Waals surface area (Å²) < 4.78 is 118. The first-order chi connectivity index (χ1) is 11.2. The van der Waals surface area contributed by atoms with Gasteiger partial charge in [-0.2, -0.15) is 0 Å². The van der Waals surface area contributed by atoms with Crippen molar-refractivity contribution >= 4 is 76.4 Å². The predicted octanol–water partition coefficient (Wildman–Crippen LogP) is 5.16. The van der Waals surface area contributed by atoms with Crippen molar-refractivity contribution in [2.45, 2.75) is 0.515 Å². The average molecular weight is 436 g/mol. The molecule has 0 aliphatic rings. The zero-order valence-corrected chi connectivity index (χ0v) is 15.7. The van der Waals surface area contributed by atoms with E-state index in [-0.39, 0.29) is 10.6 Å². The number of nitro benzene ring substituents is 1. The minimum atomic E-state index is -6.00. The van der Waals surface area contributed by atoms with Crippen LogP contribution in [0.3, 0.4) is 0 Å². The van der Waals surface area contributed by atoms with Crippen molar-refractivity contribution in [1.29, 1.82) is 0 Å².